The minimum Gasteiger partial charge on any atom is -0.462 e. The molecule has 0 radical (unpaired) electrons. The number of aromatic nitrogens is 1. The predicted octanol–water partition coefficient (Wildman–Crippen LogP) is 3.39. The fourth-order valence-corrected chi connectivity index (χ4v) is 5.03. The smallest absolute Gasteiger partial charge is 0.411 e. The van der Waals surface area contributed by atoms with E-state index in [-0.39, 0.29) is 30.0 Å². The van der Waals surface area contributed by atoms with E-state index in [1.807, 2.05) is 6.92 Å². The van der Waals surface area contributed by atoms with Crippen LogP contribution in [0.3, 0.4) is 0 Å². The topological polar surface area (TPSA) is 77.5 Å². The van der Waals surface area contributed by atoms with Crippen LogP contribution in [0.1, 0.15) is 39.0 Å². The number of esters is 1. The van der Waals surface area contributed by atoms with Crippen LogP contribution in [0.4, 0.5) is 10.5 Å². The summed E-state index contributed by atoms with van der Waals surface area (Å²) in [5, 5.41) is 2.74. The first-order valence-electron chi connectivity index (χ1n) is 9.21. The second kappa shape index (κ2) is 6.65. The molecule has 1 aromatic heterocycles. The Hall–Kier alpha value is -2.11. The van der Waals surface area contributed by atoms with Gasteiger partial charge in [-0.1, -0.05) is 19.3 Å². The number of hydrogen-bond donors (Lipinski definition) is 1. The van der Waals surface area contributed by atoms with Crippen LogP contribution < -0.4 is 5.32 Å². The second-order valence-corrected chi connectivity index (χ2v) is 7.51. The number of carbonyl (C=O) groups excluding carboxylic acids is 2. The quantitative estimate of drug-likeness (QED) is 0.832. The number of ether oxygens (including phenoxy) is 2. The number of cyclic esters (lactones) is 1. The van der Waals surface area contributed by atoms with E-state index in [1.54, 1.807) is 24.5 Å². The van der Waals surface area contributed by atoms with Crippen molar-refractivity contribution in [2.45, 2.75) is 51.2 Å². The molecule has 1 amide bonds. The van der Waals surface area contributed by atoms with Gasteiger partial charge in [0.1, 0.15) is 12.2 Å². The number of nitrogens with one attached hydrogen (secondary N) is 1. The van der Waals surface area contributed by atoms with Gasteiger partial charge in [-0.05, 0) is 43.7 Å². The van der Waals surface area contributed by atoms with Gasteiger partial charge in [0.25, 0.3) is 0 Å². The number of nitrogens with zero attached hydrogens (tertiary/aromatic N) is 1. The average molecular weight is 344 g/mol. The number of amides is 1. The molecule has 2 aliphatic carbocycles. The fraction of sp³-hybridized carbons (Fsp3) is 0.632. The highest BCUT2D eigenvalue weighted by Gasteiger charge is 2.56. The lowest BCUT2D eigenvalue weighted by atomic mass is 9.61. The van der Waals surface area contributed by atoms with E-state index in [9.17, 15) is 9.59 Å². The Labute approximate surface area is 147 Å². The Morgan fingerprint density at radius 3 is 3.00 bits per heavy atom. The second-order valence-electron chi connectivity index (χ2n) is 7.51. The van der Waals surface area contributed by atoms with Gasteiger partial charge in [-0.3, -0.25) is 15.1 Å². The lowest BCUT2D eigenvalue weighted by molar-refractivity contribution is -0.144. The molecule has 0 unspecified atom stereocenters. The maximum atomic E-state index is 12.4. The largest absolute Gasteiger partial charge is 0.462 e. The predicted molar refractivity (Wildman–Crippen MR) is 90.7 cm³/mol. The number of carbonyl (C=O) groups is 2. The van der Waals surface area contributed by atoms with Crippen molar-refractivity contribution < 1.29 is 19.1 Å². The van der Waals surface area contributed by atoms with Gasteiger partial charge in [-0.15, -0.1) is 0 Å². The molecule has 25 heavy (non-hydrogen) atoms. The first-order chi connectivity index (χ1) is 12.1. The lowest BCUT2D eigenvalue weighted by Gasteiger charge is -2.45. The van der Waals surface area contributed by atoms with Gasteiger partial charge in [0.15, 0.2) is 0 Å². The standard InChI is InChI=1S/C19H24N2O4/c1-11-16-15(18(22)24-11)9-12-5-2-3-7-14(12)17(16)25-19(23)21-13-6-4-8-20-10-13/h4,6,8,10-12,14-17H,2-3,5,7,9H2,1H3,(H,21,23)/t11-,12+,14-,15-,16-,17+/m0/s1. The van der Waals surface area contributed by atoms with Crippen molar-refractivity contribution in [2.75, 3.05) is 5.32 Å². The zero-order valence-corrected chi connectivity index (χ0v) is 14.4. The van der Waals surface area contributed by atoms with Crippen LogP contribution in [0, 0.1) is 23.7 Å². The maximum Gasteiger partial charge on any atom is 0.411 e. The molecule has 0 spiro atoms. The molecule has 2 saturated carbocycles. The highest BCUT2D eigenvalue weighted by molar-refractivity contribution is 5.84. The van der Waals surface area contributed by atoms with E-state index < -0.39 is 6.09 Å². The maximum absolute atomic E-state index is 12.4. The summed E-state index contributed by atoms with van der Waals surface area (Å²) in [5.74, 6) is 0.482. The first kappa shape index (κ1) is 16.4. The molecule has 2 heterocycles. The van der Waals surface area contributed by atoms with E-state index in [0.717, 1.165) is 25.7 Å². The highest BCUT2D eigenvalue weighted by Crippen LogP contribution is 2.51. The molecule has 6 heteroatoms. The monoisotopic (exact) mass is 344 g/mol. The Kier molecular flexibility index (Phi) is 4.36. The third kappa shape index (κ3) is 3.10. The van der Waals surface area contributed by atoms with E-state index in [0.29, 0.717) is 17.5 Å². The third-order valence-electron chi connectivity index (χ3n) is 6.09. The molecule has 1 N–H and O–H groups in total. The van der Waals surface area contributed by atoms with Crippen LogP contribution in [0.2, 0.25) is 0 Å². The van der Waals surface area contributed by atoms with E-state index in [4.69, 9.17) is 9.47 Å². The number of pyridine rings is 1. The minimum atomic E-state index is -0.477. The zero-order chi connectivity index (χ0) is 17.4. The summed E-state index contributed by atoms with van der Waals surface area (Å²) in [4.78, 5) is 28.7. The van der Waals surface area contributed by atoms with Crippen LogP contribution in [0.15, 0.2) is 24.5 Å². The van der Waals surface area contributed by atoms with Crippen LogP contribution >= 0.6 is 0 Å². The summed E-state index contributed by atoms with van der Waals surface area (Å²) in [7, 11) is 0. The van der Waals surface area contributed by atoms with Crippen molar-refractivity contribution >= 4 is 17.7 Å². The molecule has 3 aliphatic rings. The zero-order valence-electron chi connectivity index (χ0n) is 14.4. The fourth-order valence-electron chi connectivity index (χ4n) is 5.03. The van der Waals surface area contributed by atoms with Crippen molar-refractivity contribution in [1.29, 1.82) is 0 Å². The van der Waals surface area contributed by atoms with Gasteiger partial charge >= 0.3 is 12.1 Å². The summed E-state index contributed by atoms with van der Waals surface area (Å²) in [6.07, 6.45) is 7.69. The Morgan fingerprint density at radius 1 is 1.36 bits per heavy atom. The third-order valence-corrected chi connectivity index (χ3v) is 6.09. The number of hydrogen-bond acceptors (Lipinski definition) is 5. The van der Waals surface area contributed by atoms with Gasteiger partial charge in [0, 0.05) is 12.1 Å². The number of fused-ring (bicyclic) bond motifs is 2. The number of anilines is 1. The van der Waals surface area contributed by atoms with E-state index >= 15 is 0 Å². The SMILES string of the molecule is C[C@@H]1OC(=O)[C@H]2C[C@H]3CCCC[C@@H]3[C@@H](OC(=O)Nc3cccnc3)[C@@H]12. The van der Waals surface area contributed by atoms with E-state index in [1.165, 1.54) is 6.42 Å². The van der Waals surface area contributed by atoms with Crippen LogP contribution in [0.25, 0.3) is 0 Å². The van der Waals surface area contributed by atoms with Gasteiger partial charge < -0.3 is 9.47 Å². The Bertz CT molecular complexity index is 650. The van der Waals surface area contributed by atoms with E-state index in [2.05, 4.69) is 10.3 Å². The molecule has 1 aromatic rings. The average Bonchev–Trinajstić information content (AvgIpc) is 2.89. The normalized spacial score (nSPS) is 36.8. The summed E-state index contributed by atoms with van der Waals surface area (Å²) >= 11 is 0. The van der Waals surface area contributed by atoms with Gasteiger partial charge in [-0.25, -0.2) is 4.79 Å². The van der Waals surface area contributed by atoms with Crippen LogP contribution in [0.5, 0.6) is 0 Å². The summed E-state index contributed by atoms with van der Waals surface area (Å²) < 4.78 is 11.4. The van der Waals surface area contributed by atoms with Crippen LogP contribution in [-0.2, 0) is 14.3 Å². The molecular formula is C19H24N2O4. The molecule has 1 saturated heterocycles. The van der Waals surface area contributed by atoms with Crippen molar-refractivity contribution in [3.05, 3.63) is 24.5 Å². The highest BCUT2D eigenvalue weighted by atomic mass is 16.6. The van der Waals surface area contributed by atoms with Crippen molar-refractivity contribution in [3.8, 4) is 0 Å². The molecule has 1 aliphatic heterocycles. The number of rotatable bonds is 2. The summed E-state index contributed by atoms with van der Waals surface area (Å²) in [5.41, 5.74) is 0.604. The first-order valence-corrected chi connectivity index (χ1v) is 9.21. The minimum absolute atomic E-state index is 0.0356. The molecule has 4 rings (SSSR count). The van der Waals surface area contributed by atoms with Gasteiger partial charge in [0.05, 0.1) is 17.8 Å². The molecule has 0 aromatic carbocycles. The Morgan fingerprint density at radius 2 is 2.20 bits per heavy atom. The van der Waals surface area contributed by atoms with Gasteiger partial charge in [-0.2, -0.15) is 0 Å². The van der Waals surface area contributed by atoms with Crippen LogP contribution in [-0.4, -0.2) is 29.3 Å². The molecule has 6 atom stereocenters. The molecule has 6 nitrogen and oxygen atoms in total. The van der Waals surface area contributed by atoms with Gasteiger partial charge in [0.2, 0.25) is 0 Å². The Balaban J connectivity index is 1.53. The lowest BCUT2D eigenvalue weighted by Crippen LogP contribution is -2.49. The molecule has 3 fully saturated rings. The van der Waals surface area contributed by atoms with Crippen molar-refractivity contribution in [3.63, 3.8) is 0 Å². The molecular weight excluding hydrogens is 320 g/mol. The molecule has 0 bridgehead atoms. The summed E-state index contributed by atoms with van der Waals surface area (Å²) in [6.45, 7) is 1.92. The van der Waals surface area contributed by atoms with Crippen molar-refractivity contribution in [1.82, 2.24) is 4.98 Å². The molecule has 134 valence electrons. The summed E-state index contributed by atoms with van der Waals surface area (Å²) in [6, 6.07) is 3.53. The van der Waals surface area contributed by atoms with Crippen molar-refractivity contribution in [2.24, 2.45) is 23.7 Å².